The molecule has 2 nitrogen and oxygen atoms in total. The van der Waals surface area contributed by atoms with Crippen molar-refractivity contribution >= 4 is 0 Å². The Kier molecular flexibility index (Phi) is 4.61. The average Bonchev–Trinajstić information content (AvgIpc) is 2.94. The first kappa shape index (κ1) is 15.5. The van der Waals surface area contributed by atoms with Crippen molar-refractivity contribution in [2.45, 2.75) is 50.9 Å². The molecule has 1 heterocycles. The second kappa shape index (κ2) is 6.84. The van der Waals surface area contributed by atoms with E-state index in [1.165, 1.54) is 63.7 Å². The van der Waals surface area contributed by atoms with Crippen molar-refractivity contribution in [3.05, 3.63) is 29.8 Å². The smallest absolute Gasteiger partial charge is 0.122 e. The van der Waals surface area contributed by atoms with Crippen LogP contribution < -0.4 is 4.74 Å². The number of piperidine rings is 1. The molecule has 0 radical (unpaired) electrons. The van der Waals surface area contributed by atoms with Crippen molar-refractivity contribution in [1.29, 1.82) is 0 Å². The van der Waals surface area contributed by atoms with Gasteiger partial charge in [0.05, 0.1) is 7.11 Å². The first-order chi connectivity index (χ1) is 11.3. The fourth-order valence-corrected chi connectivity index (χ4v) is 5.59. The zero-order valence-corrected chi connectivity index (χ0v) is 14.5. The Morgan fingerprint density at radius 3 is 2.35 bits per heavy atom. The highest BCUT2D eigenvalue weighted by atomic mass is 16.5. The lowest BCUT2D eigenvalue weighted by atomic mass is 9.80. The molecule has 4 rings (SSSR count). The Morgan fingerprint density at radius 1 is 0.957 bits per heavy atom. The van der Waals surface area contributed by atoms with Gasteiger partial charge in [-0.2, -0.15) is 0 Å². The van der Waals surface area contributed by atoms with Gasteiger partial charge < -0.3 is 9.64 Å². The molecular formula is C21H31NO. The molecule has 1 saturated heterocycles. The Labute approximate surface area is 141 Å². The number of hydrogen-bond acceptors (Lipinski definition) is 2. The molecule has 126 valence electrons. The van der Waals surface area contributed by atoms with Gasteiger partial charge in [0.2, 0.25) is 0 Å². The van der Waals surface area contributed by atoms with E-state index in [1.807, 2.05) is 0 Å². The van der Waals surface area contributed by atoms with Crippen molar-refractivity contribution in [2.75, 3.05) is 26.7 Å². The predicted octanol–water partition coefficient (Wildman–Crippen LogP) is 4.70. The number of benzene rings is 1. The molecule has 1 aliphatic heterocycles. The molecule has 1 aromatic carbocycles. The molecule has 2 unspecified atom stereocenters. The van der Waals surface area contributed by atoms with Gasteiger partial charge in [-0.1, -0.05) is 31.0 Å². The Balaban J connectivity index is 1.31. The Morgan fingerprint density at radius 2 is 1.65 bits per heavy atom. The molecular weight excluding hydrogens is 282 g/mol. The van der Waals surface area contributed by atoms with Gasteiger partial charge >= 0.3 is 0 Å². The van der Waals surface area contributed by atoms with E-state index in [9.17, 15) is 0 Å². The van der Waals surface area contributed by atoms with Crippen LogP contribution in [-0.4, -0.2) is 31.6 Å². The maximum Gasteiger partial charge on any atom is 0.122 e. The first-order valence-electron chi connectivity index (χ1n) is 9.67. The summed E-state index contributed by atoms with van der Waals surface area (Å²) in [6.45, 7) is 3.91. The van der Waals surface area contributed by atoms with Gasteiger partial charge in [0, 0.05) is 6.54 Å². The van der Waals surface area contributed by atoms with Crippen LogP contribution in [0.25, 0.3) is 0 Å². The lowest BCUT2D eigenvalue weighted by Crippen LogP contribution is -2.38. The maximum atomic E-state index is 5.56. The second-order valence-electron chi connectivity index (χ2n) is 8.20. The largest absolute Gasteiger partial charge is 0.496 e. The third-order valence-corrected chi connectivity index (χ3v) is 6.67. The van der Waals surface area contributed by atoms with E-state index >= 15 is 0 Å². The zero-order chi connectivity index (χ0) is 15.6. The van der Waals surface area contributed by atoms with Gasteiger partial charge in [0.25, 0.3) is 0 Å². The van der Waals surface area contributed by atoms with Crippen LogP contribution in [0.5, 0.6) is 5.75 Å². The monoisotopic (exact) mass is 313 g/mol. The molecule has 0 amide bonds. The molecule has 2 saturated carbocycles. The average molecular weight is 313 g/mol. The molecule has 23 heavy (non-hydrogen) atoms. The highest BCUT2D eigenvalue weighted by Gasteiger charge is 2.35. The summed E-state index contributed by atoms with van der Waals surface area (Å²) in [5, 5.41) is 0. The molecule has 3 aliphatic rings. The number of rotatable bonds is 4. The molecule has 1 aromatic rings. The lowest BCUT2D eigenvalue weighted by molar-refractivity contribution is 0.143. The van der Waals surface area contributed by atoms with Crippen molar-refractivity contribution in [2.24, 2.45) is 17.8 Å². The highest BCUT2D eigenvalue weighted by molar-refractivity contribution is 5.36. The number of ether oxygens (including phenoxy) is 1. The normalized spacial score (nSPS) is 32.1. The van der Waals surface area contributed by atoms with Crippen molar-refractivity contribution in [3.8, 4) is 5.75 Å². The van der Waals surface area contributed by atoms with Crippen molar-refractivity contribution < 1.29 is 4.74 Å². The number of methoxy groups -OCH3 is 1. The van der Waals surface area contributed by atoms with Crippen LogP contribution in [0.4, 0.5) is 0 Å². The molecule has 0 aromatic heterocycles. The first-order valence-corrected chi connectivity index (χ1v) is 9.67. The molecule has 0 spiro atoms. The van der Waals surface area contributed by atoms with E-state index in [2.05, 4.69) is 29.2 Å². The van der Waals surface area contributed by atoms with Crippen LogP contribution in [0.2, 0.25) is 0 Å². The maximum absolute atomic E-state index is 5.56. The number of para-hydroxylation sites is 1. The topological polar surface area (TPSA) is 12.5 Å². The van der Waals surface area contributed by atoms with Gasteiger partial charge in [-0.25, -0.2) is 0 Å². The number of likely N-dealkylation sites (tertiary alicyclic amines) is 1. The van der Waals surface area contributed by atoms with E-state index in [0.29, 0.717) is 5.92 Å². The summed E-state index contributed by atoms with van der Waals surface area (Å²) in [7, 11) is 1.80. The summed E-state index contributed by atoms with van der Waals surface area (Å²) < 4.78 is 5.56. The standard InChI is InChI=1S/C21H31NO/c1-23-21-5-3-2-4-20(21)19-8-10-22(11-9-19)15-18-13-16-6-7-17(12-16)14-18/h2-5,16-19H,6-15H2,1H3. The van der Waals surface area contributed by atoms with Gasteiger partial charge in [-0.05, 0) is 80.5 Å². The summed E-state index contributed by atoms with van der Waals surface area (Å²) in [5.41, 5.74) is 1.42. The van der Waals surface area contributed by atoms with Crippen LogP contribution >= 0.6 is 0 Å². The van der Waals surface area contributed by atoms with Crippen LogP contribution in [-0.2, 0) is 0 Å². The Bertz CT molecular complexity index is 508. The molecule has 3 fully saturated rings. The minimum atomic E-state index is 0.685. The quantitative estimate of drug-likeness (QED) is 0.799. The summed E-state index contributed by atoms with van der Waals surface area (Å²) in [6.07, 6.45) is 10.2. The summed E-state index contributed by atoms with van der Waals surface area (Å²) in [6, 6.07) is 8.61. The van der Waals surface area contributed by atoms with Crippen molar-refractivity contribution in [1.82, 2.24) is 4.90 Å². The predicted molar refractivity (Wildman–Crippen MR) is 95.0 cm³/mol. The van der Waals surface area contributed by atoms with Gasteiger partial charge in [0.15, 0.2) is 0 Å². The van der Waals surface area contributed by atoms with Crippen LogP contribution in [0.15, 0.2) is 24.3 Å². The van der Waals surface area contributed by atoms with Gasteiger partial charge in [-0.3, -0.25) is 0 Å². The third kappa shape index (κ3) is 3.42. The fraction of sp³-hybridized carbons (Fsp3) is 0.714. The highest BCUT2D eigenvalue weighted by Crippen LogP contribution is 2.45. The van der Waals surface area contributed by atoms with Gasteiger partial charge in [0.1, 0.15) is 5.75 Å². The van der Waals surface area contributed by atoms with E-state index in [-0.39, 0.29) is 0 Å². The van der Waals surface area contributed by atoms with Crippen LogP contribution in [0.1, 0.15) is 56.4 Å². The van der Waals surface area contributed by atoms with Crippen molar-refractivity contribution in [3.63, 3.8) is 0 Å². The number of hydrogen-bond donors (Lipinski definition) is 0. The van der Waals surface area contributed by atoms with Crippen LogP contribution in [0, 0.1) is 17.8 Å². The summed E-state index contributed by atoms with van der Waals surface area (Å²) >= 11 is 0. The summed E-state index contributed by atoms with van der Waals surface area (Å²) in [5.74, 6) is 4.90. The van der Waals surface area contributed by atoms with Gasteiger partial charge in [-0.15, -0.1) is 0 Å². The third-order valence-electron chi connectivity index (χ3n) is 6.67. The van der Waals surface area contributed by atoms with Crippen LogP contribution in [0.3, 0.4) is 0 Å². The second-order valence-corrected chi connectivity index (χ2v) is 8.20. The number of nitrogens with zero attached hydrogens (tertiary/aromatic N) is 1. The molecule has 2 heteroatoms. The molecule has 2 aliphatic carbocycles. The molecule has 0 N–H and O–H groups in total. The minimum absolute atomic E-state index is 0.685. The number of fused-ring (bicyclic) bond motifs is 2. The SMILES string of the molecule is COc1ccccc1C1CCN(CC2CC3CCC(C3)C2)CC1. The fourth-order valence-electron chi connectivity index (χ4n) is 5.59. The Hall–Kier alpha value is -1.02. The van der Waals surface area contributed by atoms with E-state index in [1.54, 1.807) is 13.5 Å². The lowest BCUT2D eigenvalue weighted by Gasteiger charge is -2.37. The van der Waals surface area contributed by atoms with E-state index < -0.39 is 0 Å². The summed E-state index contributed by atoms with van der Waals surface area (Å²) in [4.78, 5) is 2.75. The minimum Gasteiger partial charge on any atom is -0.496 e. The molecule has 2 atom stereocenters. The zero-order valence-electron chi connectivity index (χ0n) is 14.5. The van der Waals surface area contributed by atoms with E-state index in [4.69, 9.17) is 4.74 Å². The van der Waals surface area contributed by atoms with E-state index in [0.717, 1.165) is 23.5 Å². The molecule has 2 bridgehead atoms.